The summed E-state index contributed by atoms with van der Waals surface area (Å²) in [5.41, 5.74) is 3.63. The van der Waals surface area contributed by atoms with Gasteiger partial charge in [-0.3, -0.25) is 4.79 Å². The van der Waals surface area contributed by atoms with E-state index in [2.05, 4.69) is 10.5 Å². The van der Waals surface area contributed by atoms with E-state index >= 15 is 0 Å². The van der Waals surface area contributed by atoms with E-state index in [9.17, 15) is 9.59 Å². The minimum Gasteiger partial charge on any atom is -0.497 e. The molecule has 1 amide bonds. The first-order valence-electron chi connectivity index (χ1n) is 10.5. The third kappa shape index (κ3) is 5.77. The number of fused-ring (bicyclic) bond motifs is 1. The quantitative estimate of drug-likeness (QED) is 0.182. The Morgan fingerprint density at radius 1 is 0.824 bits per heavy atom. The third-order valence-corrected chi connectivity index (χ3v) is 4.93. The summed E-state index contributed by atoms with van der Waals surface area (Å²) in [7, 11) is 1.58. The summed E-state index contributed by atoms with van der Waals surface area (Å²) in [5, 5.41) is 5.73. The zero-order valence-corrected chi connectivity index (χ0v) is 18.4. The molecule has 4 aromatic rings. The van der Waals surface area contributed by atoms with E-state index in [1.807, 2.05) is 36.4 Å². The molecular weight excluding hydrogens is 432 g/mol. The molecule has 34 heavy (non-hydrogen) atoms. The third-order valence-electron chi connectivity index (χ3n) is 4.93. The van der Waals surface area contributed by atoms with Crippen LogP contribution < -0.4 is 19.6 Å². The number of hydrogen-bond acceptors (Lipinski definition) is 6. The van der Waals surface area contributed by atoms with Gasteiger partial charge in [0, 0.05) is 0 Å². The Morgan fingerprint density at radius 3 is 2.26 bits per heavy atom. The molecule has 1 N–H and O–H groups in total. The first kappa shape index (κ1) is 22.5. The molecule has 4 aromatic carbocycles. The van der Waals surface area contributed by atoms with E-state index in [0.29, 0.717) is 22.8 Å². The summed E-state index contributed by atoms with van der Waals surface area (Å²) in [6, 6.07) is 26.9. The highest BCUT2D eigenvalue weighted by Crippen LogP contribution is 2.21. The summed E-state index contributed by atoms with van der Waals surface area (Å²) >= 11 is 0. The van der Waals surface area contributed by atoms with Crippen LogP contribution in [-0.2, 0) is 4.79 Å². The van der Waals surface area contributed by atoms with Crippen molar-refractivity contribution >= 4 is 28.9 Å². The maximum atomic E-state index is 12.6. The van der Waals surface area contributed by atoms with Crippen molar-refractivity contribution < 1.29 is 23.8 Å². The van der Waals surface area contributed by atoms with Crippen LogP contribution in [0.15, 0.2) is 96.1 Å². The molecule has 0 saturated carbocycles. The lowest BCUT2D eigenvalue weighted by Gasteiger charge is -2.07. The second kappa shape index (κ2) is 10.8. The average molecular weight is 454 g/mol. The van der Waals surface area contributed by atoms with Crippen molar-refractivity contribution in [2.45, 2.75) is 0 Å². The number of nitrogens with zero attached hydrogens (tertiary/aromatic N) is 1. The van der Waals surface area contributed by atoms with Crippen LogP contribution in [0.2, 0.25) is 0 Å². The minimum absolute atomic E-state index is 0.174. The molecule has 0 fully saturated rings. The van der Waals surface area contributed by atoms with Crippen molar-refractivity contribution in [1.82, 2.24) is 5.43 Å². The van der Waals surface area contributed by atoms with E-state index in [1.54, 1.807) is 61.7 Å². The lowest BCUT2D eigenvalue weighted by Crippen LogP contribution is -2.24. The van der Waals surface area contributed by atoms with Gasteiger partial charge in [0.1, 0.15) is 17.2 Å². The molecule has 0 heterocycles. The van der Waals surface area contributed by atoms with Crippen LogP contribution in [0.25, 0.3) is 10.8 Å². The molecule has 0 bridgehead atoms. The Hall–Kier alpha value is -4.65. The Balaban J connectivity index is 1.28. The van der Waals surface area contributed by atoms with E-state index in [4.69, 9.17) is 14.2 Å². The number of hydrazone groups is 1. The highest BCUT2D eigenvalue weighted by Gasteiger charge is 2.12. The van der Waals surface area contributed by atoms with Crippen LogP contribution in [0.1, 0.15) is 15.9 Å². The lowest BCUT2D eigenvalue weighted by atomic mass is 10.0. The van der Waals surface area contributed by atoms with Crippen LogP contribution in [0, 0.1) is 0 Å². The van der Waals surface area contributed by atoms with Crippen LogP contribution in [0.4, 0.5) is 0 Å². The Bertz CT molecular complexity index is 1310. The van der Waals surface area contributed by atoms with Gasteiger partial charge in [0.05, 0.1) is 18.9 Å². The number of esters is 1. The van der Waals surface area contributed by atoms with Crippen molar-refractivity contribution in [3.63, 3.8) is 0 Å². The standard InChI is InChI=1S/C27H22N2O5/c1-32-21-13-15-22(16-14-21)33-18-26(30)29-28-17-19-9-11-23(12-10-19)34-27(31)25-8-4-6-20-5-2-3-7-24(20)25/h2-17H,18H2,1H3,(H,29,30). The van der Waals surface area contributed by atoms with Crippen molar-refractivity contribution in [3.8, 4) is 17.2 Å². The first-order valence-corrected chi connectivity index (χ1v) is 10.5. The van der Waals surface area contributed by atoms with Crippen molar-refractivity contribution in [2.75, 3.05) is 13.7 Å². The summed E-state index contributed by atoms with van der Waals surface area (Å²) in [5.74, 6) is 0.839. The molecule has 0 aromatic heterocycles. The number of methoxy groups -OCH3 is 1. The summed E-state index contributed by atoms with van der Waals surface area (Å²) in [6.07, 6.45) is 1.49. The summed E-state index contributed by atoms with van der Waals surface area (Å²) < 4.78 is 16.0. The monoisotopic (exact) mass is 454 g/mol. The van der Waals surface area contributed by atoms with Crippen molar-refractivity contribution in [3.05, 3.63) is 102 Å². The fraction of sp³-hybridized carbons (Fsp3) is 0.0741. The van der Waals surface area contributed by atoms with Gasteiger partial charge in [-0.05, 0) is 70.9 Å². The number of rotatable bonds is 8. The molecule has 0 radical (unpaired) electrons. The molecule has 0 aliphatic rings. The van der Waals surface area contributed by atoms with Gasteiger partial charge in [0.15, 0.2) is 6.61 Å². The van der Waals surface area contributed by atoms with Crippen molar-refractivity contribution in [1.29, 1.82) is 0 Å². The highest BCUT2D eigenvalue weighted by atomic mass is 16.5. The Kier molecular flexibility index (Phi) is 7.15. The number of hydrogen-bond donors (Lipinski definition) is 1. The van der Waals surface area contributed by atoms with Gasteiger partial charge in [-0.25, -0.2) is 10.2 Å². The average Bonchev–Trinajstić information content (AvgIpc) is 2.88. The number of nitrogens with one attached hydrogen (secondary N) is 1. The van der Waals surface area contributed by atoms with Gasteiger partial charge in [-0.1, -0.05) is 36.4 Å². The SMILES string of the molecule is COc1ccc(OCC(=O)NN=Cc2ccc(OC(=O)c3cccc4ccccc34)cc2)cc1. The summed E-state index contributed by atoms with van der Waals surface area (Å²) in [4.78, 5) is 24.5. The highest BCUT2D eigenvalue weighted by molar-refractivity contribution is 6.05. The molecule has 7 nitrogen and oxygen atoms in total. The number of carbonyl (C=O) groups is 2. The molecule has 170 valence electrons. The molecule has 0 saturated heterocycles. The number of amides is 1. The molecule has 7 heteroatoms. The van der Waals surface area contributed by atoms with Gasteiger partial charge in [-0.15, -0.1) is 0 Å². The lowest BCUT2D eigenvalue weighted by molar-refractivity contribution is -0.123. The molecule has 0 aliphatic heterocycles. The number of carbonyl (C=O) groups excluding carboxylic acids is 2. The van der Waals surface area contributed by atoms with Gasteiger partial charge in [0.25, 0.3) is 5.91 Å². The zero-order valence-electron chi connectivity index (χ0n) is 18.4. The Labute approximate surface area is 196 Å². The van der Waals surface area contributed by atoms with Gasteiger partial charge in [-0.2, -0.15) is 5.10 Å². The van der Waals surface area contributed by atoms with Gasteiger partial charge < -0.3 is 14.2 Å². The molecule has 0 spiro atoms. The van der Waals surface area contributed by atoms with E-state index in [1.165, 1.54) is 6.21 Å². The van der Waals surface area contributed by atoms with Crippen LogP contribution in [-0.4, -0.2) is 31.8 Å². The molecule has 0 atom stereocenters. The van der Waals surface area contributed by atoms with E-state index < -0.39 is 11.9 Å². The Morgan fingerprint density at radius 2 is 1.50 bits per heavy atom. The zero-order chi connectivity index (χ0) is 23.8. The van der Waals surface area contributed by atoms with E-state index in [0.717, 1.165) is 16.3 Å². The minimum atomic E-state index is -0.428. The summed E-state index contributed by atoms with van der Waals surface area (Å²) in [6.45, 7) is -0.174. The normalized spacial score (nSPS) is 10.7. The molecule has 0 aliphatic carbocycles. The van der Waals surface area contributed by atoms with Crippen LogP contribution in [0.5, 0.6) is 17.2 Å². The largest absolute Gasteiger partial charge is 0.497 e. The second-order valence-electron chi connectivity index (χ2n) is 7.24. The first-order chi connectivity index (χ1) is 16.6. The van der Waals surface area contributed by atoms with Gasteiger partial charge >= 0.3 is 5.97 Å². The molecular formula is C27H22N2O5. The predicted molar refractivity (Wildman–Crippen MR) is 130 cm³/mol. The van der Waals surface area contributed by atoms with Gasteiger partial charge in [0.2, 0.25) is 0 Å². The fourth-order valence-electron chi connectivity index (χ4n) is 3.22. The number of ether oxygens (including phenoxy) is 3. The molecule has 4 rings (SSSR count). The second-order valence-corrected chi connectivity index (χ2v) is 7.24. The smallest absolute Gasteiger partial charge is 0.344 e. The van der Waals surface area contributed by atoms with Crippen LogP contribution >= 0.6 is 0 Å². The fourth-order valence-corrected chi connectivity index (χ4v) is 3.22. The van der Waals surface area contributed by atoms with Crippen LogP contribution in [0.3, 0.4) is 0 Å². The number of benzene rings is 4. The maximum Gasteiger partial charge on any atom is 0.344 e. The predicted octanol–water partition coefficient (Wildman–Crippen LogP) is 4.60. The maximum absolute atomic E-state index is 12.6. The topological polar surface area (TPSA) is 86.2 Å². The molecule has 0 unspecified atom stereocenters. The van der Waals surface area contributed by atoms with E-state index in [-0.39, 0.29) is 6.61 Å². The van der Waals surface area contributed by atoms with Crippen molar-refractivity contribution in [2.24, 2.45) is 5.10 Å².